The van der Waals surface area contributed by atoms with Gasteiger partial charge in [-0.2, -0.15) is 5.10 Å². The Bertz CT molecular complexity index is 1320. The van der Waals surface area contributed by atoms with Crippen molar-refractivity contribution in [1.29, 1.82) is 0 Å². The molecule has 8 heteroatoms. The predicted molar refractivity (Wildman–Crippen MR) is 131 cm³/mol. The molecule has 0 aliphatic carbocycles. The minimum absolute atomic E-state index is 0.105. The van der Waals surface area contributed by atoms with Crippen LogP contribution in [0.15, 0.2) is 89.1 Å². The van der Waals surface area contributed by atoms with E-state index in [2.05, 4.69) is 20.5 Å². The number of nitrogens with zero attached hydrogens (tertiary/aromatic N) is 2. The summed E-state index contributed by atoms with van der Waals surface area (Å²) in [6.07, 6.45) is 0. The van der Waals surface area contributed by atoms with Gasteiger partial charge in [-0.15, -0.1) is 5.10 Å². The molecule has 0 atom stereocenters. The quantitative estimate of drug-likeness (QED) is 0.196. The van der Waals surface area contributed by atoms with Crippen LogP contribution in [0.4, 0.5) is 5.69 Å². The number of aromatic amines is 1. The van der Waals surface area contributed by atoms with Gasteiger partial charge in [0.05, 0.1) is 5.71 Å². The zero-order chi connectivity index (χ0) is 23.2. The van der Waals surface area contributed by atoms with E-state index in [9.17, 15) is 4.79 Å². The molecule has 4 rings (SSSR count). The number of rotatable bonds is 7. The van der Waals surface area contributed by atoms with E-state index < -0.39 is 0 Å². The molecule has 0 saturated carbocycles. The number of H-pyrrole nitrogens is 1. The third kappa shape index (κ3) is 5.56. The van der Waals surface area contributed by atoms with E-state index in [-0.39, 0.29) is 11.9 Å². The third-order valence-corrected chi connectivity index (χ3v) is 4.96. The highest BCUT2D eigenvalue weighted by atomic mass is 16.5. The van der Waals surface area contributed by atoms with Gasteiger partial charge >= 0.3 is 0 Å². The second-order valence-electron chi connectivity index (χ2n) is 7.45. The molecular formula is C25H24N6O2. The number of hydrogen-bond donors (Lipinski definition) is 4. The normalized spacial score (nSPS) is 11.2. The van der Waals surface area contributed by atoms with Crippen molar-refractivity contribution in [2.45, 2.75) is 13.5 Å². The fraction of sp³-hybridized carbons (Fsp3) is 0.0800. The fourth-order valence-corrected chi connectivity index (χ4v) is 3.25. The highest BCUT2D eigenvalue weighted by Crippen LogP contribution is 2.23. The Morgan fingerprint density at radius 2 is 1.73 bits per heavy atom. The van der Waals surface area contributed by atoms with Crippen LogP contribution in [0.1, 0.15) is 28.5 Å². The number of nitrogens with two attached hydrogens (primary N) is 2. The first kappa shape index (κ1) is 21.6. The van der Waals surface area contributed by atoms with Crippen LogP contribution in [0.5, 0.6) is 5.75 Å². The van der Waals surface area contributed by atoms with Gasteiger partial charge < -0.3 is 26.5 Å². The van der Waals surface area contributed by atoms with Crippen LogP contribution in [0.25, 0.3) is 10.9 Å². The van der Waals surface area contributed by atoms with Gasteiger partial charge in [-0.3, -0.25) is 4.79 Å². The van der Waals surface area contributed by atoms with Crippen molar-refractivity contribution in [3.05, 3.63) is 95.7 Å². The molecular weight excluding hydrogens is 416 g/mol. The lowest BCUT2D eigenvalue weighted by Gasteiger charge is -2.06. The van der Waals surface area contributed by atoms with Crippen molar-refractivity contribution in [2.75, 3.05) is 5.32 Å². The molecule has 6 N–H and O–H groups in total. The maximum atomic E-state index is 12.7. The van der Waals surface area contributed by atoms with Crippen LogP contribution in [-0.4, -0.2) is 22.6 Å². The molecule has 33 heavy (non-hydrogen) atoms. The van der Waals surface area contributed by atoms with Crippen molar-refractivity contribution in [3.63, 3.8) is 0 Å². The topological polar surface area (TPSA) is 131 Å². The molecule has 0 spiro atoms. The zero-order valence-electron chi connectivity index (χ0n) is 18.1. The van der Waals surface area contributed by atoms with Crippen LogP contribution in [0, 0.1) is 0 Å². The average molecular weight is 441 g/mol. The second kappa shape index (κ2) is 9.69. The number of carbonyl (C=O) groups excluding carboxylic acids is 1. The maximum absolute atomic E-state index is 12.7. The number of fused-ring (bicyclic) bond motifs is 1. The van der Waals surface area contributed by atoms with Gasteiger partial charge in [-0.25, -0.2) is 0 Å². The molecule has 8 nitrogen and oxygen atoms in total. The van der Waals surface area contributed by atoms with Gasteiger partial charge in [0, 0.05) is 16.6 Å². The van der Waals surface area contributed by atoms with E-state index >= 15 is 0 Å². The minimum Gasteiger partial charge on any atom is -0.489 e. The van der Waals surface area contributed by atoms with E-state index in [1.54, 1.807) is 25.1 Å². The van der Waals surface area contributed by atoms with Gasteiger partial charge in [0.25, 0.3) is 5.91 Å². The second-order valence-corrected chi connectivity index (χ2v) is 7.45. The Labute approximate surface area is 191 Å². The number of nitrogens with one attached hydrogen (secondary N) is 2. The molecule has 166 valence electrons. The van der Waals surface area contributed by atoms with E-state index in [0.717, 1.165) is 27.8 Å². The Kier molecular flexibility index (Phi) is 6.36. The number of aromatic nitrogens is 1. The van der Waals surface area contributed by atoms with Crippen molar-refractivity contribution in [2.24, 2.45) is 21.7 Å². The van der Waals surface area contributed by atoms with Gasteiger partial charge in [-0.05, 0) is 54.4 Å². The number of benzene rings is 3. The first-order valence-electron chi connectivity index (χ1n) is 10.3. The lowest BCUT2D eigenvalue weighted by atomic mass is 10.1. The molecule has 0 aliphatic rings. The molecule has 0 unspecified atom stereocenters. The number of amides is 1. The van der Waals surface area contributed by atoms with Crippen molar-refractivity contribution < 1.29 is 9.53 Å². The number of guanidine groups is 1. The molecule has 0 aliphatic heterocycles. The van der Waals surface area contributed by atoms with Crippen LogP contribution >= 0.6 is 0 Å². The van der Waals surface area contributed by atoms with Crippen LogP contribution in [-0.2, 0) is 6.61 Å². The molecule has 3 aromatic carbocycles. The summed E-state index contributed by atoms with van der Waals surface area (Å²) in [5, 5.41) is 11.4. The van der Waals surface area contributed by atoms with Crippen LogP contribution in [0.2, 0.25) is 0 Å². The SMILES string of the molecule is C/C(=N\N=C(N)N)c1ccc(NC(=O)c2cc3cc(OCc4ccccc4)ccc3[nH]2)cc1. The lowest BCUT2D eigenvalue weighted by Crippen LogP contribution is -2.22. The number of carbonyl (C=O) groups is 1. The van der Waals surface area contributed by atoms with E-state index in [1.807, 2.05) is 60.7 Å². The summed E-state index contributed by atoms with van der Waals surface area (Å²) in [6.45, 7) is 2.28. The van der Waals surface area contributed by atoms with Crippen LogP contribution in [0.3, 0.4) is 0 Å². The van der Waals surface area contributed by atoms with Crippen LogP contribution < -0.4 is 21.5 Å². The average Bonchev–Trinajstić information content (AvgIpc) is 3.26. The van der Waals surface area contributed by atoms with Gasteiger partial charge in [-0.1, -0.05) is 42.5 Å². The first-order chi connectivity index (χ1) is 16.0. The summed E-state index contributed by atoms with van der Waals surface area (Å²) in [5.41, 5.74) is 15.1. The van der Waals surface area contributed by atoms with E-state index in [4.69, 9.17) is 16.2 Å². The summed E-state index contributed by atoms with van der Waals surface area (Å²) in [7, 11) is 0. The number of hydrogen-bond acceptors (Lipinski definition) is 4. The molecule has 1 amide bonds. The molecule has 1 aromatic heterocycles. The molecule has 0 saturated heterocycles. The van der Waals surface area contributed by atoms with Crippen molar-refractivity contribution >= 4 is 34.2 Å². The molecule has 0 fully saturated rings. The zero-order valence-corrected chi connectivity index (χ0v) is 18.1. The Balaban J connectivity index is 1.42. The lowest BCUT2D eigenvalue weighted by molar-refractivity contribution is 0.102. The maximum Gasteiger partial charge on any atom is 0.272 e. The van der Waals surface area contributed by atoms with E-state index in [0.29, 0.717) is 23.7 Å². The Hall–Kier alpha value is -4.59. The van der Waals surface area contributed by atoms with Gasteiger partial charge in [0.15, 0.2) is 0 Å². The summed E-state index contributed by atoms with van der Waals surface area (Å²) >= 11 is 0. The minimum atomic E-state index is -0.239. The van der Waals surface area contributed by atoms with Gasteiger partial charge in [0.1, 0.15) is 18.1 Å². The smallest absolute Gasteiger partial charge is 0.272 e. The molecule has 1 heterocycles. The standard InChI is InChI=1S/C25H24N6O2/c1-16(30-31-25(26)27)18-7-9-20(10-8-18)28-24(32)23-14-19-13-21(11-12-22(19)29-23)33-15-17-5-3-2-4-6-17/h2-14,29H,15H2,1H3,(H,28,32)(H4,26,27,31)/b30-16+. The van der Waals surface area contributed by atoms with Crippen molar-refractivity contribution in [3.8, 4) is 5.75 Å². The number of anilines is 1. The monoisotopic (exact) mass is 440 g/mol. The summed E-state index contributed by atoms with van der Waals surface area (Å²) in [5.74, 6) is 0.397. The van der Waals surface area contributed by atoms with E-state index in [1.165, 1.54) is 0 Å². The van der Waals surface area contributed by atoms with Crippen molar-refractivity contribution in [1.82, 2.24) is 4.98 Å². The Morgan fingerprint density at radius 3 is 2.45 bits per heavy atom. The summed E-state index contributed by atoms with van der Waals surface area (Å²) in [4.78, 5) is 15.9. The summed E-state index contributed by atoms with van der Waals surface area (Å²) in [6, 6.07) is 24.7. The number of ether oxygens (including phenoxy) is 1. The highest BCUT2D eigenvalue weighted by molar-refractivity contribution is 6.06. The highest BCUT2D eigenvalue weighted by Gasteiger charge is 2.11. The fourth-order valence-electron chi connectivity index (χ4n) is 3.25. The first-order valence-corrected chi connectivity index (χ1v) is 10.3. The molecule has 0 radical (unpaired) electrons. The Morgan fingerprint density at radius 1 is 0.970 bits per heavy atom. The third-order valence-electron chi connectivity index (χ3n) is 4.96. The van der Waals surface area contributed by atoms with Gasteiger partial charge in [0.2, 0.25) is 5.96 Å². The predicted octanol–water partition coefficient (Wildman–Crippen LogP) is 4.00. The molecule has 4 aromatic rings. The largest absolute Gasteiger partial charge is 0.489 e. The molecule has 0 bridgehead atoms. The summed E-state index contributed by atoms with van der Waals surface area (Å²) < 4.78 is 5.88.